The molecule has 0 bridgehead atoms. The Bertz CT molecular complexity index is 181. The second-order valence-corrected chi connectivity index (χ2v) is 4.18. The molecular formula is C10H18ClNO2. The van der Waals surface area contributed by atoms with Crippen LogP contribution in [0.4, 0.5) is 0 Å². The van der Waals surface area contributed by atoms with Crippen molar-refractivity contribution in [3.63, 3.8) is 0 Å². The molecule has 14 heavy (non-hydrogen) atoms. The number of halogens is 1. The Hall–Kier alpha value is -0.280. The molecule has 0 aromatic heterocycles. The summed E-state index contributed by atoms with van der Waals surface area (Å²) in [5, 5.41) is 0. The first-order valence-electron chi connectivity index (χ1n) is 5.27. The van der Waals surface area contributed by atoms with Crippen molar-refractivity contribution in [1.29, 1.82) is 0 Å². The fourth-order valence-electron chi connectivity index (χ4n) is 1.72. The van der Waals surface area contributed by atoms with Crippen molar-refractivity contribution < 1.29 is 9.53 Å². The van der Waals surface area contributed by atoms with Gasteiger partial charge in [-0.15, -0.1) is 0 Å². The maximum absolute atomic E-state index is 11.2. The van der Waals surface area contributed by atoms with Gasteiger partial charge in [-0.1, -0.05) is 19.3 Å². The van der Waals surface area contributed by atoms with Gasteiger partial charge in [0.1, 0.15) is 6.04 Å². The van der Waals surface area contributed by atoms with E-state index in [0.717, 1.165) is 0 Å². The molecule has 1 fully saturated rings. The lowest BCUT2D eigenvalue weighted by atomic mass is 9.90. The van der Waals surface area contributed by atoms with Gasteiger partial charge in [0.05, 0.1) is 6.61 Å². The number of esters is 1. The Balaban J connectivity index is 2.15. The van der Waals surface area contributed by atoms with Gasteiger partial charge in [0.2, 0.25) is 0 Å². The maximum Gasteiger partial charge on any atom is 0.324 e. The van der Waals surface area contributed by atoms with E-state index >= 15 is 0 Å². The molecule has 0 aromatic rings. The summed E-state index contributed by atoms with van der Waals surface area (Å²) in [4.78, 5) is 13.6. The number of nitrogens with one attached hydrogen (secondary N) is 1. The van der Waals surface area contributed by atoms with Crippen molar-refractivity contribution in [1.82, 2.24) is 4.84 Å². The number of hydrogen-bond acceptors (Lipinski definition) is 3. The van der Waals surface area contributed by atoms with Crippen molar-refractivity contribution in [2.45, 2.75) is 45.1 Å². The van der Waals surface area contributed by atoms with E-state index in [1.807, 2.05) is 0 Å². The lowest BCUT2D eigenvalue weighted by Gasteiger charge is -2.21. The van der Waals surface area contributed by atoms with Crippen LogP contribution in [0, 0.1) is 5.92 Å². The van der Waals surface area contributed by atoms with Gasteiger partial charge >= 0.3 is 5.97 Å². The molecule has 0 radical (unpaired) electrons. The molecule has 1 N–H and O–H groups in total. The molecule has 1 aliphatic carbocycles. The second-order valence-electron chi connectivity index (χ2n) is 3.96. The summed E-state index contributed by atoms with van der Waals surface area (Å²) in [5.74, 6) is 0.306. The van der Waals surface area contributed by atoms with E-state index in [2.05, 4.69) is 4.84 Å². The van der Waals surface area contributed by atoms with Crippen molar-refractivity contribution in [2.75, 3.05) is 6.61 Å². The molecule has 1 atom stereocenters. The molecule has 3 nitrogen and oxygen atoms in total. The molecule has 0 amide bonds. The summed E-state index contributed by atoms with van der Waals surface area (Å²) < 4.78 is 5.15. The van der Waals surface area contributed by atoms with E-state index in [4.69, 9.17) is 16.5 Å². The molecule has 4 heteroatoms. The molecule has 0 aliphatic heterocycles. The molecule has 1 saturated carbocycles. The minimum atomic E-state index is -0.416. The lowest BCUT2D eigenvalue weighted by molar-refractivity contribution is -0.146. The molecule has 0 spiro atoms. The highest BCUT2D eigenvalue weighted by atomic mass is 35.5. The van der Waals surface area contributed by atoms with Gasteiger partial charge < -0.3 is 4.74 Å². The third kappa shape index (κ3) is 3.84. The summed E-state index contributed by atoms with van der Waals surface area (Å²) in [5.41, 5.74) is 0. The Morgan fingerprint density at radius 3 is 2.71 bits per heavy atom. The van der Waals surface area contributed by atoms with E-state index in [1.54, 1.807) is 6.92 Å². The van der Waals surface area contributed by atoms with Gasteiger partial charge in [-0.25, -0.2) is 4.84 Å². The fraction of sp³-hybridized carbons (Fsp3) is 0.900. The van der Waals surface area contributed by atoms with Crippen LogP contribution in [0.5, 0.6) is 0 Å². The smallest absolute Gasteiger partial charge is 0.324 e. The van der Waals surface area contributed by atoms with Crippen LogP contribution < -0.4 is 4.84 Å². The van der Waals surface area contributed by atoms with E-state index in [9.17, 15) is 4.79 Å². The van der Waals surface area contributed by atoms with Crippen LogP contribution in [0.2, 0.25) is 0 Å². The zero-order valence-corrected chi connectivity index (χ0v) is 9.35. The number of carbonyl (C=O) groups is 1. The quantitative estimate of drug-likeness (QED) is 0.582. The molecule has 0 unspecified atom stereocenters. The van der Waals surface area contributed by atoms with Crippen LogP contribution in [0.15, 0.2) is 0 Å². The summed E-state index contributed by atoms with van der Waals surface area (Å²) in [6.45, 7) is 2.25. The standard InChI is InChI=1S/C10H18ClNO2/c1-8(12-11)10(13)14-7-9-5-3-2-4-6-9/h8-9,12H,2-7H2,1H3/t8-/m0/s1. The van der Waals surface area contributed by atoms with Gasteiger partial charge in [-0.3, -0.25) is 4.79 Å². The minimum absolute atomic E-state index is 0.259. The summed E-state index contributed by atoms with van der Waals surface area (Å²) in [6, 6.07) is -0.416. The van der Waals surface area contributed by atoms with Gasteiger partial charge in [0.25, 0.3) is 0 Å². The average Bonchev–Trinajstić information content (AvgIpc) is 2.26. The number of rotatable bonds is 4. The van der Waals surface area contributed by atoms with Gasteiger partial charge in [-0.2, -0.15) is 0 Å². The topological polar surface area (TPSA) is 38.3 Å². The normalized spacial score (nSPS) is 20.4. The lowest BCUT2D eigenvalue weighted by Crippen LogP contribution is -2.31. The number of ether oxygens (including phenoxy) is 1. The van der Waals surface area contributed by atoms with Crippen LogP contribution in [-0.4, -0.2) is 18.6 Å². The van der Waals surface area contributed by atoms with Crippen LogP contribution in [0.25, 0.3) is 0 Å². The Labute approximate surface area is 90.3 Å². The molecule has 82 valence electrons. The third-order valence-corrected chi connectivity index (χ3v) is 3.03. The van der Waals surface area contributed by atoms with Gasteiger partial charge in [0.15, 0.2) is 0 Å². The predicted molar refractivity (Wildman–Crippen MR) is 56.0 cm³/mol. The highest BCUT2D eigenvalue weighted by Crippen LogP contribution is 2.23. The second kappa shape index (κ2) is 6.25. The van der Waals surface area contributed by atoms with E-state index in [1.165, 1.54) is 32.1 Å². The fourth-order valence-corrected chi connectivity index (χ4v) is 1.81. The minimum Gasteiger partial charge on any atom is -0.464 e. The first-order chi connectivity index (χ1) is 6.74. The first-order valence-corrected chi connectivity index (χ1v) is 5.64. The Kier molecular flexibility index (Phi) is 5.26. The molecule has 0 heterocycles. The predicted octanol–water partition coefficient (Wildman–Crippen LogP) is 2.24. The van der Waals surface area contributed by atoms with Crippen LogP contribution >= 0.6 is 11.8 Å². The van der Waals surface area contributed by atoms with Crippen LogP contribution in [0.3, 0.4) is 0 Å². The van der Waals surface area contributed by atoms with Crippen molar-refractivity contribution in [2.24, 2.45) is 5.92 Å². The zero-order valence-electron chi connectivity index (χ0n) is 8.59. The van der Waals surface area contributed by atoms with Gasteiger partial charge in [-0.05, 0) is 37.5 Å². The zero-order chi connectivity index (χ0) is 10.4. The van der Waals surface area contributed by atoms with E-state index in [-0.39, 0.29) is 5.97 Å². The molecule has 1 rings (SSSR count). The Morgan fingerprint density at radius 1 is 1.50 bits per heavy atom. The maximum atomic E-state index is 11.2. The molecule has 0 saturated heterocycles. The van der Waals surface area contributed by atoms with Crippen molar-refractivity contribution in [3.8, 4) is 0 Å². The van der Waals surface area contributed by atoms with Gasteiger partial charge in [0, 0.05) is 0 Å². The monoisotopic (exact) mass is 219 g/mol. The van der Waals surface area contributed by atoms with Crippen molar-refractivity contribution in [3.05, 3.63) is 0 Å². The summed E-state index contributed by atoms with van der Waals surface area (Å²) >= 11 is 5.32. The molecule has 1 aliphatic rings. The van der Waals surface area contributed by atoms with Crippen LogP contribution in [0.1, 0.15) is 39.0 Å². The number of hydrogen-bond donors (Lipinski definition) is 1. The highest BCUT2D eigenvalue weighted by Gasteiger charge is 2.18. The Morgan fingerprint density at radius 2 is 2.14 bits per heavy atom. The van der Waals surface area contributed by atoms with E-state index in [0.29, 0.717) is 12.5 Å². The van der Waals surface area contributed by atoms with Crippen molar-refractivity contribution >= 4 is 17.7 Å². The van der Waals surface area contributed by atoms with E-state index < -0.39 is 6.04 Å². The molecular weight excluding hydrogens is 202 g/mol. The molecule has 0 aromatic carbocycles. The highest BCUT2D eigenvalue weighted by molar-refractivity contribution is 6.14. The first kappa shape index (κ1) is 11.8. The van der Waals surface area contributed by atoms with Crippen LogP contribution in [-0.2, 0) is 9.53 Å². The third-order valence-electron chi connectivity index (χ3n) is 2.70. The SMILES string of the molecule is C[C@H](NCl)C(=O)OCC1CCCCC1. The summed E-state index contributed by atoms with van der Waals surface area (Å²) in [7, 11) is 0. The average molecular weight is 220 g/mol. The summed E-state index contributed by atoms with van der Waals surface area (Å²) in [6.07, 6.45) is 6.24. The largest absolute Gasteiger partial charge is 0.464 e. The number of carbonyl (C=O) groups excluding carboxylic acids is 1.